The molecule has 2 N–H and O–H groups in total. The SMILES string of the molecule is CN=C(NCc1ccccc1)NCc1ccccc1OC1CCC1. The van der Waals surface area contributed by atoms with Crippen molar-refractivity contribution < 1.29 is 4.74 Å². The number of nitrogens with zero attached hydrogens (tertiary/aromatic N) is 1. The molecule has 0 saturated heterocycles. The molecule has 24 heavy (non-hydrogen) atoms. The van der Waals surface area contributed by atoms with Crippen LogP contribution in [0.4, 0.5) is 0 Å². The highest BCUT2D eigenvalue weighted by Gasteiger charge is 2.20. The van der Waals surface area contributed by atoms with Gasteiger partial charge in [-0.25, -0.2) is 0 Å². The number of nitrogens with one attached hydrogen (secondary N) is 2. The normalized spacial score (nSPS) is 14.8. The zero-order chi connectivity index (χ0) is 16.6. The molecule has 0 aromatic heterocycles. The minimum absolute atomic E-state index is 0.390. The van der Waals surface area contributed by atoms with E-state index in [1.165, 1.54) is 24.8 Å². The number of aliphatic imine (C=N–C) groups is 1. The predicted octanol–water partition coefficient (Wildman–Crippen LogP) is 3.48. The number of hydrogen-bond donors (Lipinski definition) is 2. The van der Waals surface area contributed by atoms with Gasteiger partial charge < -0.3 is 15.4 Å². The van der Waals surface area contributed by atoms with Gasteiger partial charge in [0.2, 0.25) is 0 Å². The van der Waals surface area contributed by atoms with Gasteiger partial charge in [-0.2, -0.15) is 0 Å². The van der Waals surface area contributed by atoms with E-state index in [1.54, 1.807) is 7.05 Å². The number of ether oxygens (including phenoxy) is 1. The molecule has 0 atom stereocenters. The maximum atomic E-state index is 6.08. The summed E-state index contributed by atoms with van der Waals surface area (Å²) in [4.78, 5) is 4.29. The van der Waals surface area contributed by atoms with E-state index >= 15 is 0 Å². The number of rotatable bonds is 6. The lowest BCUT2D eigenvalue weighted by atomic mass is 9.96. The zero-order valence-electron chi connectivity index (χ0n) is 14.2. The molecular weight excluding hydrogens is 298 g/mol. The van der Waals surface area contributed by atoms with Crippen molar-refractivity contribution in [3.8, 4) is 5.75 Å². The third kappa shape index (κ3) is 4.51. The van der Waals surface area contributed by atoms with E-state index in [1.807, 2.05) is 30.3 Å². The van der Waals surface area contributed by atoms with Crippen LogP contribution in [-0.2, 0) is 13.1 Å². The number of benzene rings is 2. The fraction of sp³-hybridized carbons (Fsp3) is 0.350. The molecule has 0 amide bonds. The van der Waals surface area contributed by atoms with E-state index in [-0.39, 0.29) is 0 Å². The maximum Gasteiger partial charge on any atom is 0.191 e. The standard InChI is InChI=1S/C20H25N3O/c1-21-20(22-14-16-8-3-2-4-9-16)23-15-17-10-5-6-13-19(17)24-18-11-7-12-18/h2-6,8-10,13,18H,7,11-12,14-15H2,1H3,(H2,21,22,23). The fourth-order valence-corrected chi connectivity index (χ4v) is 2.61. The van der Waals surface area contributed by atoms with Crippen molar-refractivity contribution in [1.29, 1.82) is 0 Å². The Morgan fingerprint density at radius 2 is 1.71 bits per heavy atom. The minimum atomic E-state index is 0.390. The van der Waals surface area contributed by atoms with Crippen molar-refractivity contribution in [3.05, 3.63) is 65.7 Å². The van der Waals surface area contributed by atoms with Gasteiger partial charge in [-0.05, 0) is 30.9 Å². The number of para-hydroxylation sites is 1. The maximum absolute atomic E-state index is 6.08. The van der Waals surface area contributed by atoms with Gasteiger partial charge in [0.1, 0.15) is 5.75 Å². The second-order valence-corrected chi connectivity index (χ2v) is 6.04. The van der Waals surface area contributed by atoms with Crippen LogP contribution in [0.25, 0.3) is 0 Å². The lowest BCUT2D eigenvalue weighted by Gasteiger charge is -2.27. The molecule has 0 bridgehead atoms. The molecular formula is C20H25N3O. The monoisotopic (exact) mass is 323 g/mol. The Bertz CT molecular complexity index is 666. The first-order valence-corrected chi connectivity index (χ1v) is 8.58. The van der Waals surface area contributed by atoms with Crippen LogP contribution >= 0.6 is 0 Å². The summed E-state index contributed by atoms with van der Waals surface area (Å²) in [6.45, 7) is 1.44. The van der Waals surface area contributed by atoms with Gasteiger partial charge in [-0.1, -0.05) is 48.5 Å². The molecule has 1 saturated carbocycles. The number of guanidine groups is 1. The molecule has 126 valence electrons. The Morgan fingerprint density at radius 3 is 2.42 bits per heavy atom. The molecule has 0 spiro atoms. The van der Waals surface area contributed by atoms with Crippen molar-refractivity contribution in [2.24, 2.45) is 4.99 Å². The summed E-state index contributed by atoms with van der Waals surface area (Å²) in [6, 6.07) is 18.5. The third-order valence-electron chi connectivity index (χ3n) is 4.29. The van der Waals surface area contributed by atoms with Crippen LogP contribution in [0.2, 0.25) is 0 Å². The lowest BCUT2D eigenvalue weighted by molar-refractivity contribution is 0.119. The molecule has 0 radical (unpaired) electrons. The zero-order valence-corrected chi connectivity index (χ0v) is 14.2. The van der Waals surface area contributed by atoms with E-state index in [0.717, 1.165) is 23.8 Å². The molecule has 0 aliphatic heterocycles. The van der Waals surface area contributed by atoms with Gasteiger partial charge in [-0.15, -0.1) is 0 Å². The molecule has 3 rings (SSSR count). The fourth-order valence-electron chi connectivity index (χ4n) is 2.61. The summed E-state index contributed by atoms with van der Waals surface area (Å²) >= 11 is 0. The van der Waals surface area contributed by atoms with Gasteiger partial charge in [-0.3, -0.25) is 4.99 Å². The van der Waals surface area contributed by atoms with Crippen molar-refractivity contribution in [2.75, 3.05) is 7.05 Å². The average molecular weight is 323 g/mol. The summed E-state index contributed by atoms with van der Waals surface area (Å²) < 4.78 is 6.08. The van der Waals surface area contributed by atoms with Crippen LogP contribution in [0, 0.1) is 0 Å². The molecule has 0 unspecified atom stereocenters. The minimum Gasteiger partial charge on any atom is -0.490 e. The highest BCUT2D eigenvalue weighted by atomic mass is 16.5. The van der Waals surface area contributed by atoms with Crippen LogP contribution in [0.5, 0.6) is 5.75 Å². The summed E-state index contributed by atoms with van der Waals surface area (Å²) in [6.07, 6.45) is 4.01. The summed E-state index contributed by atoms with van der Waals surface area (Å²) in [5.74, 6) is 1.77. The van der Waals surface area contributed by atoms with Crippen LogP contribution in [0.1, 0.15) is 30.4 Å². The van der Waals surface area contributed by atoms with Crippen LogP contribution < -0.4 is 15.4 Å². The molecule has 4 heteroatoms. The topological polar surface area (TPSA) is 45.7 Å². The molecule has 1 fully saturated rings. The molecule has 2 aromatic rings. The Labute approximate surface area is 144 Å². The van der Waals surface area contributed by atoms with E-state index in [0.29, 0.717) is 12.6 Å². The first-order valence-electron chi connectivity index (χ1n) is 8.58. The van der Waals surface area contributed by atoms with Crippen molar-refractivity contribution in [3.63, 3.8) is 0 Å². The van der Waals surface area contributed by atoms with E-state index in [9.17, 15) is 0 Å². The second kappa shape index (κ2) is 8.39. The Morgan fingerprint density at radius 1 is 1.00 bits per heavy atom. The van der Waals surface area contributed by atoms with Crippen LogP contribution in [0.15, 0.2) is 59.6 Å². The quantitative estimate of drug-likeness (QED) is 0.632. The van der Waals surface area contributed by atoms with Gasteiger partial charge in [0.15, 0.2) is 5.96 Å². The van der Waals surface area contributed by atoms with Crippen LogP contribution in [0.3, 0.4) is 0 Å². The second-order valence-electron chi connectivity index (χ2n) is 6.04. The van der Waals surface area contributed by atoms with Gasteiger partial charge >= 0.3 is 0 Å². The highest BCUT2D eigenvalue weighted by molar-refractivity contribution is 5.79. The van der Waals surface area contributed by atoms with Crippen LogP contribution in [-0.4, -0.2) is 19.1 Å². The van der Waals surface area contributed by atoms with Crippen molar-refractivity contribution in [1.82, 2.24) is 10.6 Å². The lowest BCUT2D eigenvalue weighted by Crippen LogP contribution is -2.36. The van der Waals surface area contributed by atoms with Gasteiger partial charge in [0.05, 0.1) is 6.10 Å². The molecule has 4 nitrogen and oxygen atoms in total. The van der Waals surface area contributed by atoms with Gasteiger partial charge in [0.25, 0.3) is 0 Å². The average Bonchev–Trinajstić information content (AvgIpc) is 2.60. The van der Waals surface area contributed by atoms with Crippen molar-refractivity contribution >= 4 is 5.96 Å². The Balaban J connectivity index is 1.53. The van der Waals surface area contributed by atoms with Crippen molar-refractivity contribution in [2.45, 2.75) is 38.5 Å². The van der Waals surface area contributed by atoms with E-state index < -0.39 is 0 Å². The molecule has 1 aliphatic carbocycles. The molecule has 2 aromatic carbocycles. The first kappa shape index (κ1) is 16.4. The van der Waals surface area contributed by atoms with E-state index in [2.05, 4.69) is 39.9 Å². The molecule has 1 aliphatic rings. The Kier molecular flexibility index (Phi) is 5.72. The predicted molar refractivity (Wildman–Crippen MR) is 98.2 cm³/mol. The smallest absolute Gasteiger partial charge is 0.191 e. The summed E-state index contributed by atoms with van der Waals surface area (Å²) in [5.41, 5.74) is 2.39. The van der Waals surface area contributed by atoms with Gasteiger partial charge in [0, 0.05) is 25.7 Å². The largest absolute Gasteiger partial charge is 0.490 e. The highest BCUT2D eigenvalue weighted by Crippen LogP contribution is 2.27. The van der Waals surface area contributed by atoms with E-state index in [4.69, 9.17) is 4.74 Å². The summed E-state index contributed by atoms with van der Waals surface area (Å²) in [5, 5.41) is 6.70. The third-order valence-corrected chi connectivity index (χ3v) is 4.29. The Hall–Kier alpha value is -2.49. The summed E-state index contributed by atoms with van der Waals surface area (Å²) in [7, 11) is 1.79. The molecule has 0 heterocycles. The number of hydrogen-bond acceptors (Lipinski definition) is 2. The first-order chi connectivity index (χ1) is 11.8.